The van der Waals surface area contributed by atoms with Gasteiger partial charge in [0.1, 0.15) is 17.6 Å². The quantitative estimate of drug-likeness (QED) is 0.376. The van der Waals surface area contributed by atoms with Gasteiger partial charge in [0.05, 0.1) is 7.11 Å². The van der Waals surface area contributed by atoms with Crippen molar-refractivity contribution in [2.45, 2.75) is 57.8 Å². The van der Waals surface area contributed by atoms with Gasteiger partial charge in [0.15, 0.2) is 0 Å². The van der Waals surface area contributed by atoms with E-state index in [9.17, 15) is 4.79 Å². The first-order valence-corrected chi connectivity index (χ1v) is 12.9. The molecule has 3 atom stereocenters. The van der Waals surface area contributed by atoms with E-state index in [2.05, 4.69) is 37.9 Å². The third-order valence-electron chi connectivity index (χ3n) is 7.40. The molecule has 1 aliphatic rings. The highest BCUT2D eigenvalue weighted by Gasteiger charge is 2.31. The number of hydrogen-bond acceptors (Lipinski definition) is 4. The van der Waals surface area contributed by atoms with E-state index < -0.39 is 0 Å². The predicted octanol–water partition coefficient (Wildman–Crippen LogP) is 6.27. The van der Waals surface area contributed by atoms with E-state index in [0.717, 1.165) is 47.5 Å². The number of carbonyl (C=O) groups is 1. The van der Waals surface area contributed by atoms with Gasteiger partial charge in [-0.25, -0.2) is 0 Å². The number of piperidine rings is 1. The van der Waals surface area contributed by atoms with Gasteiger partial charge in [-0.2, -0.15) is 0 Å². The fourth-order valence-electron chi connectivity index (χ4n) is 5.09. The highest BCUT2D eigenvalue weighted by Crippen LogP contribution is 2.28. The predicted molar refractivity (Wildman–Crippen MR) is 146 cm³/mol. The van der Waals surface area contributed by atoms with E-state index >= 15 is 0 Å². The Kier molecular flexibility index (Phi) is 8.32. The third-order valence-corrected chi connectivity index (χ3v) is 7.40. The molecule has 1 amide bonds. The number of hydrogen-bond donors (Lipinski definition) is 0. The van der Waals surface area contributed by atoms with Crippen molar-refractivity contribution in [1.29, 1.82) is 0 Å². The van der Waals surface area contributed by atoms with E-state index in [1.165, 1.54) is 0 Å². The number of methoxy groups -OCH3 is 1. The maximum Gasteiger partial charge on any atom is 0.253 e. The minimum absolute atomic E-state index is 0.00228. The standard InChI is InChI=1S/C31H38N2O3/c1-6-27-20-30(18-22(2)33(27)4)36-29-9-7-8-23(19-29)21-32(3)31(34)26-12-10-24(11-13-26)25-14-16-28(35-5)17-15-25/h7-17,19,22,27,30H,6,18,20-21H2,1-5H3. The Morgan fingerprint density at radius 3 is 2.28 bits per heavy atom. The lowest BCUT2D eigenvalue weighted by Crippen LogP contribution is -2.48. The van der Waals surface area contributed by atoms with Gasteiger partial charge in [0.2, 0.25) is 0 Å². The fourth-order valence-corrected chi connectivity index (χ4v) is 5.09. The molecule has 0 spiro atoms. The zero-order valence-corrected chi connectivity index (χ0v) is 22.1. The molecule has 3 aromatic carbocycles. The molecule has 0 radical (unpaired) electrons. The van der Waals surface area contributed by atoms with Gasteiger partial charge >= 0.3 is 0 Å². The summed E-state index contributed by atoms with van der Waals surface area (Å²) in [5.41, 5.74) is 3.89. The summed E-state index contributed by atoms with van der Waals surface area (Å²) < 4.78 is 11.6. The monoisotopic (exact) mass is 486 g/mol. The number of likely N-dealkylation sites (tertiary alicyclic amines) is 1. The van der Waals surface area contributed by atoms with Crippen molar-refractivity contribution in [2.24, 2.45) is 0 Å². The Hall–Kier alpha value is -3.31. The van der Waals surface area contributed by atoms with Crippen LogP contribution in [0.2, 0.25) is 0 Å². The first kappa shape index (κ1) is 25.8. The molecule has 1 aliphatic heterocycles. The molecule has 4 rings (SSSR count). The van der Waals surface area contributed by atoms with Crippen LogP contribution in [0.15, 0.2) is 72.8 Å². The average molecular weight is 487 g/mol. The summed E-state index contributed by atoms with van der Waals surface area (Å²) in [7, 11) is 5.72. The molecule has 36 heavy (non-hydrogen) atoms. The van der Waals surface area contributed by atoms with Gasteiger partial charge in [-0.3, -0.25) is 4.79 Å². The molecule has 0 bridgehead atoms. The van der Waals surface area contributed by atoms with Crippen LogP contribution in [0.5, 0.6) is 11.5 Å². The van der Waals surface area contributed by atoms with Crippen LogP contribution < -0.4 is 9.47 Å². The molecule has 1 fully saturated rings. The SMILES string of the molecule is CCC1CC(Oc2cccc(CN(C)C(=O)c3ccc(-c4ccc(OC)cc4)cc3)c2)CC(C)N1C. The Labute approximate surface area is 215 Å². The second-order valence-electron chi connectivity index (χ2n) is 9.90. The van der Waals surface area contributed by atoms with Crippen LogP contribution in [0.25, 0.3) is 11.1 Å². The van der Waals surface area contributed by atoms with Gasteiger partial charge in [-0.15, -0.1) is 0 Å². The van der Waals surface area contributed by atoms with Gasteiger partial charge in [-0.05, 0) is 86.3 Å². The molecule has 190 valence electrons. The summed E-state index contributed by atoms with van der Waals surface area (Å²) in [6.07, 6.45) is 3.43. The lowest BCUT2D eigenvalue weighted by molar-refractivity contribution is 0.0343. The van der Waals surface area contributed by atoms with Gasteiger partial charge in [0.25, 0.3) is 5.91 Å². The minimum atomic E-state index is -0.00228. The number of ether oxygens (including phenoxy) is 2. The maximum absolute atomic E-state index is 13.1. The largest absolute Gasteiger partial charge is 0.497 e. The lowest BCUT2D eigenvalue weighted by Gasteiger charge is -2.41. The Bertz CT molecular complexity index is 1140. The fraction of sp³-hybridized carbons (Fsp3) is 0.387. The molecule has 0 aliphatic carbocycles. The average Bonchev–Trinajstić information content (AvgIpc) is 2.90. The molecule has 5 nitrogen and oxygen atoms in total. The third kappa shape index (κ3) is 6.08. The van der Waals surface area contributed by atoms with Crippen molar-refractivity contribution in [3.63, 3.8) is 0 Å². The molecule has 3 aromatic rings. The minimum Gasteiger partial charge on any atom is -0.497 e. The number of carbonyl (C=O) groups excluding carboxylic acids is 1. The summed E-state index contributed by atoms with van der Waals surface area (Å²) >= 11 is 0. The summed E-state index contributed by atoms with van der Waals surface area (Å²) in [5, 5.41) is 0. The summed E-state index contributed by atoms with van der Waals surface area (Å²) in [6.45, 7) is 5.05. The number of rotatable bonds is 8. The lowest BCUT2D eigenvalue weighted by atomic mass is 9.93. The van der Waals surface area contributed by atoms with E-state index in [-0.39, 0.29) is 12.0 Å². The van der Waals surface area contributed by atoms with Crippen LogP contribution in [0.4, 0.5) is 0 Å². The van der Waals surface area contributed by atoms with E-state index in [1.54, 1.807) is 12.0 Å². The molecule has 5 heteroatoms. The molecule has 1 heterocycles. The molecule has 0 saturated carbocycles. The van der Waals surface area contributed by atoms with Crippen LogP contribution in [0.3, 0.4) is 0 Å². The normalized spacial score (nSPS) is 20.1. The first-order valence-electron chi connectivity index (χ1n) is 12.9. The van der Waals surface area contributed by atoms with Crippen molar-refractivity contribution < 1.29 is 14.3 Å². The topological polar surface area (TPSA) is 42.0 Å². The highest BCUT2D eigenvalue weighted by atomic mass is 16.5. The summed E-state index contributed by atoms with van der Waals surface area (Å²) in [4.78, 5) is 17.3. The molecular weight excluding hydrogens is 448 g/mol. The Balaban J connectivity index is 1.37. The van der Waals surface area contributed by atoms with Crippen molar-refractivity contribution in [2.75, 3.05) is 21.2 Å². The van der Waals surface area contributed by atoms with E-state index in [0.29, 0.717) is 24.2 Å². The molecule has 3 unspecified atom stereocenters. The van der Waals surface area contributed by atoms with Crippen LogP contribution in [-0.4, -0.2) is 55.1 Å². The van der Waals surface area contributed by atoms with Crippen LogP contribution in [0.1, 0.15) is 49.0 Å². The molecular formula is C31H38N2O3. The smallest absolute Gasteiger partial charge is 0.253 e. The van der Waals surface area contributed by atoms with Crippen molar-refractivity contribution in [3.05, 3.63) is 83.9 Å². The number of nitrogens with zero attached hydrogens (tertiary/aromatic N) is 2. The Morgan fingerprint density at radius 1 is 0.972 bits per heavy atom. The second kappa shape index (κ2) is 11.6. The summed E-state index contributed by atoms with van der Waals surface area (Å²) in [6, 6.07) is 24.9. The highest BCUT2D eigenvalue weighted by molar-refractivity contribution is 5.94. The first-order chi connectivity index (χ1) is 17.4. The van der Waals surface area contributed by atoms with Crippen LogP contribution in [-0.2, 0) is 6.54 Å². The second-order valence-corrected chi connectivity index (χ2v) is 9.90. The van der Waals surface area contributed by atoms with Crippen LogP contribution >= 0.6 is 0 Å². The Morgan fingerprint density at radius 2 is 1.64 bits per heavy atom. The van der Waals surface area contributed by atoms with Gasteiger partial charge in [-0.1, -0.05) is 43.3 Å². The zero-order valence-electron chi connectivity index (χ0n) is 22.1. The van der Waals surface area contributed by atoms with Crippen molar-refractivity contribution in [3.8, 4) is 22.6 Å². The van der Waals surface area contributed by atoms with E-state index in [1.807, 2.05) is 67.7 Å². The molecule has 0 N–H and O–H groups in total. The zero-order chi connectivity index (χ0) is 25.7. The molecule has 1 saturated heterocycles. The number of benzene rings is 3. The maximum atomic E-state index is 13.1. The van der Waals surface area contributed by atoms with Gasteiger partial charge < -0.3 is 19.3 Å². The van der Waals surface area contributed by atoms with Crippen LogP contribution in [0, 0.1) is 0 Å². The van der Waals surface area contributed by atoms with E-state index in [4.69, 9.17) is 9.47 Å². The number of amides is 1. The van der Waals surface area contributed by atoms with Gasteiger partial charge in [0, 0.05) is 31.2 Å². The summed E-state index contributed by atoms with van der Waals surface area (Å²) in [5.74, 6) is 1.71. The van der Waals surface area contributed by atoms with Crippen molar-refractivity contribution >= 4 is 5.91 Å². The molecule has 0 aromatic heterocycles. The van der Waals surface area contributed by atoms with Crippen molar-refractivity contribution in [1.82, 2.24) is 9.80 Å².